The molecule has 0 bridgehead atoms. The fourth-order valence-electron chi connectivity index (χ4n) is 4.93. The van der Waals surface area contributed by atoms with Crippen LogP contribution in [0.15, 0.2) is 47.8 Å². The van der Waals surface area contributed by atoms with E-state index in [4.69, 9.17) is 0 Å². The molecule has 0 spiro atoms. The molecule has 1 aromatic carbocycles. The number of benzene rings is 1. The van der Waals surface area contributed by atoms with Crippen molar-refractivity contribution in [1.82, 2.24) is 15.1 Å². The first-order valence-corrected chi connectivity index (χ1v) is 13.0. The van der Waals surface area contributed by atoms with Crippen LogP contribution in [0.25, 0.3) is 0 Å². The van der Waals surface area contributed by atoms with Crippen molar-refractivity contribution in [1.29, 1.82) is 0 Å². The van der Waals surface area contributed by atoms with Gasteiger partial charge in [0.1, 0.15) is 6.04 Å². The van der Waals surface area contributed by atoms with Crippen molar-refractivity contribution in [2.45, 2.75) is 51.0 Å². The molecule has 2 saturated heterocycles. The van der Waals surface area contributed by atoms with Gasteiger partial charge in [-0.1, -0.05) is 49.2 Å². The number of nitrogens with zero attached hydrogens (tertiary/aromatic N) is 2. The number of hydrogen-bond donors (Lipinski definition) is 1. The average molecular weight is 454 g/mol. The van der Waals surface area contributed by atoms with Gasteiger partial charge in [0.2, 0.25) is 5.91 Å². The molecule has 1 aromatic heterocycles. The first-order chi connectivity index (χ1) is 15.7. The van der Waals surface area contributed by atoms with E-state index in [1.807, 2.05) is 46.7 Å². The molecule has 4 rings (SSSR count). The highest BCUT2D eigenvalue weighted by Gasteiger charge is 2.30. The van der Waals surface area contributed by atoms with Crippen LogP contribution in [0, 0.1) is 5.92 Å². The molecular formula is C26H35N3O2S. The molecule has 6 heteroatoms. The second kappa shape index (κ2) is 11.6. The summed E-state index contributed by atoms with van der Waals surface area (Å²) in [7, 11) is 0. The predicted molar refractivity (Wildman–Crippen MR) is 130 cm³/mol. The van der Waals surface area contributed by atoms with E-state index in [1.165, 1.54) is 56.7 Å². The summed E-state index contributed by atoms with van der Waals surface area (Å²) in [4.78, 5) is 31.4. The Morgan fingerprint density at radius 2 is 1.66 bits per heavy atom. The number of carbonyl (C=O) groups is 2. The lowest BCUT2D eigenvalue weighted by molar-refractivity contribution is -0.134. The second-order valence-corrected chi connectivity index (χ2v) is 10.1. The van der Waals surface area contributed by atoms with Gasteiger partial charge in [0.05, 0.1) is 4.88 Å². The molecule has 0 saturated carbocycles. The van der Waals surface area contributed by atoms with Crippen molar-refractivity contribution in [3.63, 3.8) is 0 Å². The number of nitrogens with one attached hydrogen (secondary N) is 1. The largest absolute Gasteiger partial charge is 0.341 e. The third-order valence-corrected chi connectivity index (χ3v) is 7.64. The van der Waals surface area contributed by atoms with Gasteiger partial charge in [0, 0.05) is 26.1 Å². The normalized spacial score (nSPS) is 19.3. The molecule has 2 aliphatic rings. The van der Waals surface area contributed by atoms with Crippen LogP contribution in [-0.4, -0.2) is 60.4 Å². The fourth-order valence-corrected chi connectivity index (χ4v) is 5.55. The zero-order chi connectivity index (χ0) is 22.2. The Kier molecular flexibility index (Phi) is 8.35. The quantitative estimate of drug-likeness (QED) is 0.684. The third-order valence-electron chi connectivity index (χ3n) is 6.77. The van der Waals surface area contributed by atoms with Gasteiger partial charge >= 0.3 is 0 Å². The van der Waals surface area contributed by atoms with Gasteiger partial charge < -0.3 is 15.1 Å². The summed E-state index contributed by atoms with van der Waals surface area (Å²) in [5.41, 5.74) is 1.06. The standard InChI is InChI=1S/C26H35N3O2S/c30-25(24-11-8-18-32-24)27-23(19-21-9-4-3-5-10-21)26(31)29-16-12-22(13-17-29)20-28-14-6-1-2-7-15-28/h3-5,8-11,18,22-23H,1-2,6-7,12-17,19-20H2,(H,27,30). The van der Waals surface area contributed by atoms with E-state index in [9.17, 15) is 9.59 Å². The van der Waals surface area contributed by atoms with E-state index in [0.717, 1.165) is 31.5 Å². The molecular weight excluding hydrogens is 418 g/mol. The summed E-state index contributed by atoms with van der Waals surface area (Å²) in [6.45, 7) is 5.21. The molecule has 0 radical (unpaired) electrons. The van der Waals surface area contributed by atoms with Crippen molar-refractivity contribution in [2.24, 2.45) is 5.92 Å². The second-order valence-electron chi connectivity index (χ2n) is 9.18. The maximum absolute atomic E-state index is 13.5. The Bertz CT molecular complexity index is 839. The topological polar surface area (TPSA) is 52.7 Å². The van der Waals surface area contributed by atoms with Gasteiger partial charge in [-0.25, -0.2) is 0 Å². The number of carbonyl (C=O) groups excluding carboxylic acids is 2. The van der Waals surface area contributed by atoms with E-state index < -0.39 is 6.04 Å². The van der Waals surface area contributed by atoms with Crippen LogP contribution in [0.2, 0.25) is 0 Å². The van der Waals surface area contributed by atoms with Crippen molar-refractivity contribution in [3.05, 3.63) is 58.3 Å². The molecule has 2 fully saturated rings. The molecule has 2 aliphatic heterocycles. The third kappa shape index (κ3) is 6.42. The highest BCUT2D eigenvalue weighted by atomic mass is 32.1. The highest BCUT2D eigenvalue weighted by molar-refractivity contribution is 7.12. The van der Waals surface area contributed by atoms with Gasteiger partial charge in [-0.15, -0.1) is 11.3 Å². The maximum atomic E-state index is 13.5. The summed E-state index contributed by atoms with van der Waals surface area (Å²) < 4.78 is 0. The monoisotopic (exact) mass is 453 g/mol. The number of rotatable bonds is 7. The Labute approximate surface area is 195 Å². The van der Waals surface area contributed by atoms with Crippen molar-refractivity contribution in [2.75, 3.05) is 32.7 Å². The molecule has 5 nitrogen and oxygen atoms in total. The molecule has 3 heterocycles. The van der Waals surface area contributed by atoms with Gasteiger partial charge in [-0.2, -0.15) is 0 Å². The first kappa shape index (κ1) is 23.0. The molecule has 1 atom stereocenters. The minimum atomic E-state index is -0.533. The van der Waals surface area contributed by atoms with Crippen molar-refractivity contribution >= 4 is 23.2 Å². The van der Waals surface area contributed by atoms with E-state index in [0.29, 0.717) is 17.2 Å². The molecule has 2 amide bonds. The Hall–Kier alpha value is -2.18. The fraction of sp³-hybridized carbons (Fsp3) is 0.538. The number of likely N-dealkylation sites (tertiary alicyclic amines) is 2. The maximum Gasteiger partial charge on any atom is 0.262 e. The van der Waals surface area contributed by atoms with Gasteiger partial charge in [0.15, 0.2) is 0 Å². The molecule has 2 aromatic rings. The number of amides is 2. The van der Waals surface area contributed by atoms with E-state index in [2.05, 4.69) is 10.2 Å². The lowest BCUT2D eigenvalue weighted by Crippen LogP contribution is -2.52. The molecule has 172 valence electrons. The van der Waals surface area contributed by atoms with E-state index in [-0.39, 0.29) is 11.8 Å². The summed E-state index contributed by atoms with van der Waals surface area (Å²) in [5, 5.41) is 4.91. The van der Waals surface area contributed by atoms with Crippen LogP contribution in [0.4, 0.5) is 0 Å². The predicted octanol–water partition coefficient (Wildman–Crippen LogP) is 4.20. The van der Waals surface area contributed by atoms with Crippen molar-refractivity contribution in [3.8, 4) is 0 Å². The first-order valence-electron chi connectivity index (χ1n) is 12.1. The summed E-state index contributed by atoms with van der Waals surface area (Å²) in [5.74, 6) is 0.558. The highest BCUT2D eigenvalue weighted by Crippen LogP contribution is 2.22. The molecule has 1 unspecified atom stereocenters. The smallest absolute Gasteiger partial charge is 0.262 e. The van der Waals surface area contributed by atoms with Crippen LogP contribution < -0.4 is 5.32 Å². The van der Waals surface area contributed by atoms with Crippen LogP contribution in [-0.2, 0) is 11.2 Å². The Balaban J connectivity index is 1.35. The van der Waals surface area contributed by atoms with E-state index in [1.54, 1.807) is 6.07 Å². The summed E-state index contributed by atoms with van der Waals surface area (Å²) in [6, 6.07) is 13.1. The zero-order valence-electron chi connectivity index (χ0n) is 18.9. The van der Waals surface area contributed by atoms with Crippen LogP contribution in [0.3, 0.4) is 0 Å². The lowest BCUT2D eigenvalue weighted by Gasteiger charge is -2.36. The Morgan fingerprint density at radius 1 is 0.938 bits per heavy atom. The number of piperidine rings is 1. The van der Waals surface area contributed by atoms with Crippen molar-refractivity contribution < 1.29 is 9.59 Å². The van der Waals surface area contributed by atoms with Gasteiger partial charge in [0.25, 0.3) is 5.91 Å². The SMILES string of the molecule is O=C(NC(Cc1ccccc1)C(=O)N1CCC(CN2CCCCCC2)CC1)c1cccs1. The minimum Gasteiger partial charge on any atom is -0.341 e. The van der Waals surface area contributed by atoms with Crippen LogP contribution >= 0.6 is 11.3 Å². The number of thiophene rings is 1. The molecule has 0 aliphatic carbocycles. The van der Waals surface area contributed by atoms with Crippen LogP contribution in [0.5, 0.6) is 0 Å². The minimum absolute atomic E-state index is 0.0481. The van der Waals surface area contributed by atoms with Crippen LogP contribution in [0.1, 0.15) is 53.8 Å². The number of hydrogen-bond acceptors (Lipinski definition) is 4. The summed E-state index contributed by atoms with van der Waals surface area (Å²) >= 11 is 1.40. The summed E-state index contributed by atoms with van der Waals surface area (Å²) in [6.07, 6.45) is 8.00. The zero-order valence-corrected chi connectivity index (χ0v) is 19.7. The average Bonchev–Trinajstić information content (AvgIpc) is 3.25. The lowest BCUT2D eigenvalue weighted by atomic mass is 9.95. The molecule has 1 N–H and O–H groups in total. The van der Waals surface area contributed by atoms with Gasteiger partial charge in [-0.05, 0) is 61.7 Å². The Morgan fingerprint density at radius 3 is 2.31 bits per heavy atom. The molecule has 32 heavy (non-hydrogen) atoms. The van der Waals surface area contributed by atoms with E-state index >= 15 is 0 Å². The van der Waals surface area contributed by atoms with Gasteiger partial charge in [-0.3, -0.25) is 9.59 Å².